The molecule has 2 aromatic rings. The van der Waals surface area contributed by atoms with Crippen LogP contribution in [0.4, 0.5) is 0 Å². The van der Waals surface area contributed by atoms with Gasteiger partial charge in [0.2, 0.25) is 0 Å². The second-order valence-corrected chi connectivity index (χ2v) is 4.24. The number of aromatic nitrogens is 1. The molecular weight excluding hydrogens is 214 g/mol. The minimum atomic E-state index is -0.832. The molecule has 2 atom stereocenters. The van der Waals surface area contributed by atoms with Gasteiger partial charge in [0.25, 0.3) is 0 Å². The lowest BCUT2D eigenvalue weighted by Crippen LogP contribution is -2.18. The van der Waals surface area contributed by atoms with Crippen LogP contribution in [0.15, 0.2) is 36.7 Å². The van der Waals surface area contributed by atoms with Crippen LogP contribution in [0.25, 0.3) is 10.8 Å². The first-order chi connectivity index (χ1) is 8.24. The van der Waals surface area contributed by atoms with Gasteiger partial charge >= 0.3 is 0 Å². The number of fused-ring (bicyclic) bond motifs is 1. The van der Waals surface area contributed by atoms with Crippen LogP contribution in [0, 0.1) is 0 Å². The molecule has 2 rings (SSSR count). The first-order valence-electron chi connectivity index (χ1n) is 5.92. The van der Waals surface area contributed by atoms with E-state index in [0.29, 0.717) is 6.42 Å². The Labute approximate surface area is 101 Å². The van der Waals surface area contributed by atoms with E-state index in [4.69, 9.17) is 0 Å². The topological polar surface area (TPSA) is 53.4 Å². The molecule has 0 aliphatic rings. The Bertz CT molecular complexity index is 493. The van der Waals surface area contributed by atoms with E-state index < -0.39 is 12.2 Å². The van der Waals surface area contributed by atoms with Crippen molar-refractivity contribution in [1.29, 1.82) is 0 Å². The predicted molar refractivity (Wildman–Crippen MR) is 67.6 cm³/mol. The molecule has 0 spiro atoms. The number of pyridine rings is 1. The highest BCUT2D eigenvalue weighted by Crippen LogP contribution is 2.27. The largest absolute Gasteiger partial charge is 0.390 e. The molecule has 1 aromatic heterocycles. The van der Waals surface area contributed by atoms with E-state index in [1.54, 1.807) is 12.4 Å². The van der Waals surface area contributed by atoms with Gasteiger partial charge in [0.05, 0.1) is 6.10 Å². The first-order valence-corrected chi connectivity index (χ1v) is 5.92. The number of aliphatic hydroxyl groups is 2. The van der Waals surface area contributed by atoms with Crippen LogP contribution < -0.4 is 0 Å². The van der Waals surface area contributed by atoms with E-state index in [9.17, 15) is 10.2 Å². The summed E-state index contributed by atoms with van der Waals surface area (Å²) in [5, 5.41) is 21.9. The molecule has 2 N–H and O–H groups in total. The summed E-state index contributed by atoms with van der Waals surface area (Å²) in [6.45, 7) is 1.99. The van der Waals surface area contributed by atoms with Gasteiger partial charge in [-0.25, -0.2) is 0 Å². The highest BCUT2D eigenvalue weighted by Gasteiger charge is 2.19. The van der Waals surface area contributed by atoms with Crippen molar-refractivity contribution in [1.82, 2.24) is 4.98 Å². The Morgan fingerprint density at radius 1 is 1.24 bits per heavy atom. The van der Waals surface area contributed by atoms with Crippen LogP contribution >= 0.6 is 0 Å². The SMILES string of the molecule is CCCC(O)C(O)c1cccc2cnccc12. The van der Waals surface area contributed by atoms with E-state index in [-0.39, 0.29) is 0 Å². The van der Waals surface area contributed by atoms with Gasteiger partial charge < -0.3 is 10.2 Å². The van der Waals surface area contributed by atoms with Crippen LogP contribution in [0.5, 0.6) is 0 Å². The average molecular weight is 231 g/mol. The fourth-order valence-electron chi connectivity index (χ4n) is 2.07. The minimum Gasteiger partial charge on any atom is -0.390 e. The zero-order valence-electron chi connectivity index (χ0n) is 9.87. The third kappa shape index (κ3) is 2.46. The molecular formula is C14H17NO2. The number of hydrogen-bond acceptors (Lipinski definition) is 3. The lowest BCUT2D eigenvalue weighted by atomic mass is 9.96. The Hall–Kier alpha value is -1.45. The van der Waals surface area contributed by atoms with Crippen molar-refractivity contribution >= 4 is 10.8 Å². The molecule has 0 saturated carbocycles. The summed E-state index contributed by atoms with van der Waals surface area (Å²) >= 11 is 0. The number of rotatable bonds is 4. The molecule has 0 aliphatic carbocycles. The van der Waals surface area contributed by atoms with E-state index in [2.05, 4.69) is 4.98 Å². The van der Waals surface area contributed by atoms with Gasteiger partial charge in [0.1, 0.15) is 6.10 Å². The van der Waals surface area contributed by atoms with Crippen molar-refractivity contribution in [3.63, 3.8) is 0 Å². The van der Waals surface area contributed by atoms with E-state index >= 15 is 0 Å². The van der Waals surface area contributed by atoms with Gasteiger partial charge in [-0.2, -0.15) is 0 Å². The van der Waals surface area contributed by atoms with Crippen molar-refractivity contribution < 1.29 is 10.2 Å². The normalized spacial score (nSPS) is 14.8. The van der Waals surface area contributed by atoms with E-state index in [0.717, 1.165) is 22.8 Å². The molecule has 0 radical (unpaired) electrons. The summed E-state index contributed by atoms with van der Waals surface area (Å²) < 4.78 is 0. The highest BCUT2D eigenvalue weighted by atomic mass is 16.3. The number of nitrogens with zero attached hydrogens (tertiary/aromatic N) is 1. The summed E-state index contributed by atoms with van der Waals surface area (Å²) in [6.07, 6.45) is 3.37. The van der Waals surface area contributed by atoms with E-state index in [1.165, 1.54) is 0 Å². The van der Waals surface area contributed by atoms with Gasteiger partial charge in [-0.3, -0.25) is 4.98 Å². The van der Waals surface area contributed by atoms with Crippen molar-refractivity contribution in [2.45, 2.75) is 32.0 Å². The summed E-state index contributed by atoms with van der Waals surface area (Å²) in [4.78, 5) is 4.05. The summed E-state index contributed by atoms with van der Waals surface area (Å²) in [7, 11) is 0. The monoisotopic (exact) mass is 231 g/mol. The Kier molecular flexibility index (Phi) is 3.71. The van der Waals surface area contributed by atoms with Crippen LogP contribution in [0.3, 0.4) is 0 Å². The number of benzene rings is 1. The second kappa shape index (κ2) is 5.25. The van der Waals surface area contributed by atoms with Gasteiger partial charge in [0.15, 0.2) is 0 Å². The zero-order valence-corrected chi connectivity index (χ0v) is 9.87. The molecule has 0 bridgehead atoms. The van der Waals surface area contributed by atoms with Gasteiger partial charge in [-0.15, -0.1) is 0 Å². The Morgan fingerprint density at radius 3 is 2.82 bits per heavy atom. The number of hydrogen-bond donors (Lipinski definition) is 2. The standard InChI is InChI=1S/C14H17NO2/c1-2-4-13(16)14(17)12-6-3-5-10-9-15-8-7-11(10)12/h3,5-9,13-14,16-17H,2,4H2,1H3. The molecule has 0 saturated heterocycles. The Balaban J connectivity index is 2.41. The molecule has 1 heterocycles. The van der Waals surface area contributed by atoms with Crippen molar-refractivity contribution in [2.24, 2.45) is 0 Å². The van der Waals surface area contributed by atoms with Crippen LogP contribution in [-0.4, -0.2) is 21.3 Å². The lowest BCUT2D eigenvalue weighted by Gasteiger charge is -2.19. The Morgan fingerprint density at radius 2 is 2.06 bits per heavy atom. The molecule has 3 heteroatoms. The predicted octanol–water partition coefficient (Wildman–Crippen LogP) is 2.43. The third-order valence-electron chi connectivity index (χ3n) is 2.98. The molecule has 2 unspecified atom stereocenters. The highest BCUT2D eigenvalue weighted by molar-refractivity contribution is 5.85. The summed E-state index contributed by atoms with van der Waals surface area (Å²) in [5.41, 5.74) is 0.769. The maximum absolute atomic E-state index is 10.1. The van der Waals surface area contributed by atoms with Gasteiger partial charge in [-0.1, -0.05) is 31.5 Å². The van der Waals surface area contributed by atoms with Crippen LogP contribution in [0.2, 0.25) is 0 Å². The first kappa shape index (κ1) is 12.0. The van der Waals surface area contributed by atoms with Crippen LogP contribution in [0.1, 0.15) is 31.4 Å². The van der Waals surface area contributed by atoms with Crippen molar-refractivity contribution in [3.8, 4) is 0 Å². The lowest BCUT2D eigenvalue weighted by molar-refractivity contribution is 0.0139. The van der Waals surface area contributed by atoms with Gasteiger partial charge in [-0.05, 0) is 23.4 Å². The van der Waals surface area contributed by atoms with Gasteiger partial charge in [0, 0.05) is 17.8 Å². The van der Waals surface area contributed by atoms with Crippen molar-refractivity contribution in [3.05, 3.63) is 42.2 Å². The average Bonchev–Trinajstić information content (AvgIpc) is 2.37. The molecule has 90 valence electrons. The minimum absolute atomic E-state index is 0.600. The zero-order chi connectivity index (χ0) is 12.3. The maximum atomic E-state index is 10.1. The summed E-state index contributed by atoms with van der Waals surface area (Å²) in [6, 6.07) is 7.55. The fourth-order valence-corrected chi connectivity index (χ4v) is 2.07. The summed E-state index contributed by atoms with van der Waals surface area (Å²) in [5.74, 6) is 0. The second-order valence-electron chi connectivity index (χ2n) is 4.24. The van der Waals surface area contributed by atoms with E-state index in [1.807, 2.05) is 31.2 Å². The molecule has 17 heavy (non-hydrogen) atoms. The molecule has 0 aliphatic heterocycles. The molecule has 3 nitrogen and oxygen atoms in total. The fraction of sp³-hybridized carbons (Fsp3) is 0.357. The smallest absolute Gasteiger partial charge is 0.105 e. The maximum Gasteiger partial charge on any atom is 0.105 e. The third-order valence-corrected chi connectivity index (χ3v) is 2.98. The quantitative estimate of drug-likeness (QED) is 0.849. The van der Waals surface area contributed by atoms with Crippen molar-refractivity contribution in [2.75, 3.05) is 0 Å². The molecule has 0 fully saturated rings. The number of aliphatic hydroxyl groups excluding tert-OH is 2. The van der Waals surface area contributed by atoms with Crippen LogP contribution in [-0.2, 0) is 0 Å². The molecule has 1 aromatic carbocycles. The molecule has 0 amide bonds.